The van der Waals surface area contributed by atoms with Gasteiger partial charge in [0.2, 0.25) is 5.91 Å². The van der Waals surface area contributed by atoms with Gasteiger partial charge in [0.15, 0.2) is 10.6 Å². The number of hydrogen-bond acceptors (Lipinski definition) is 7. The average molecular weight is 327 g/mol. The van der Waals surface area contributed by atoms with Gasteiger partial charge in [-0.15, -0.1) is 10.2 Å². The van der Waals surface area contributed by atoms with E-state index in [9.17, 15) is 9.90 Å². The van der Waals surface area contributed by atoms with Crippen molar-refractivity contribution in [2.24, 2.45) is 10.2 Å². The Morgan fingerprint density at radius 2 is 2.22 bits per heavy atom. The lowest BCUT2D eigenvalue weighted by Crippen LogP contribution is -2.09. The molecule has 2 heterocycles. The summed E-state index contributed by atoms with van der Waals surface area (Å²) in [4.78, 5) is 15.6. The molecule has 7 nitrogen and oxygen atoms in total. The number of nitrogens with zero attached hydrogens (tertiary/aromatic N) is 4. The fraction of sp³-hybridized carbons (Fsp3) is 0.133. The molecule has 0 radical (unpaired) electrons. The molecule has 116 valence electrons. The van der Waals surface area contributed by atoms with Gasteiger partial charge in [-0.2, -0.15) is 4.37 Å². The Balaban J connectivity index is 1.87. The molecular weight excluding hydrogens is 314 g/mol. The number of anilines is 1. The number of phenolic OH excluding ortho intramolecular Hbond substituents is 1. The molecule has 3 rings (SSSR count). The van der Waals surface area contributed by atoms with Gasteiger partial charge in [-0.25, -0.2) is 4.98 Å². The highest BCUT2D eigenvalue weighted by Gasteiger charge is 2.07. The maximum absolute atomic E-state index is 11.4. The van der Waals surface area contributed by atoms with Gasteiger partial charge < -0.3 is 10.4 Å². The second-order valence-corrected chi connectivity index (χ2v) is 5.42. The summed E-state index contributed by atoms with van der Waals surface area (Å²) in [5.74, 6) is -0.202. The third kappa shape index (κ3) is 3.32. The number of phenols is 1. The van der Waals surface area contributed by atoms with Crippen molar-refractivity contribution in [1.29, 1.82) is 0 Å². The minimum atomic E-state index is -0.186. The summed E-state index contributed by atoms with van der Waals surface area (Å²) in [5, 5.41) is 22.2. The number of carbonyl (C=O) groups is 1. The molecule has 23 heavy (non-hydrogen) atoms. The SMILES string of the molecule is CCC(=O)Nc1cc(/N=N/c2snc3ncccc23)ccc1O. The van der Waals surface area contributed by atoms with E-state index in [0.29, 0.717) is 28.4 Å². The van der Waals surface area contributed by atoms with Gasteiger partial charge in [0.1, 0.15) is 5.75 Å². The maximum atomic E-state index is 11.4. The predicted octanol–water partition coefficient (Wildman–Crippen LogP) is 4.16. The molecule has 0 saturated heterocycles. The Labute approximate surface area is 135 Å². The van der Waals surface area contributed by atoms with E-state index >= 15 is 0 Å². The van der Waals surface area contributed by atoms with E-state index in [1.54, 1.807) is 25.3 Å². The van der Waals surface area contributed by atoms with Gasteiger partial charge in [-0.1, -0.05) is 6.92 Å². The Hall–Kier alpha value is -2.87. The number of aromatic hydroxyl groups is 1. The number of nitrogens with one attached hydrogen (secondary N) is 1. The van der Waals surface area contributed by atoms with Crippen LogP contribution >= 0.6 is 11.5 Å². The summed E-state index contributed by atoms with van der Waals surface area (Å²) in [6.07, 6.45) is 2.00. The highest BCUT2D eigenvalue weighted by atomic mass is 32.1. The number of carbonyl (C=O) groups excluding carboxylic acids is 1. The summed E-state index contributed by atoms with van der Waals surface area (Å²) in [5.41, 5.74) is 1.46. The van der Waals surface area contributed by atoms with Gasteiger partial charge in [0, 0.05) is 12.6 Å². The van der Waals surface area contributed by atoms with Crippen molar-refractivity contribution >= 4 is 44.8 Å². The number of rotatable bonds is 4. The molecule has 1 aromatic carbocycles. The van der Waals surface area contributed by atoms with E-state index in [-0.39, 0.29) is 11.7 Å². The Morgan fingerprint density at radius 3 is 3.04 bits per heavy atom. The van der Waals surface area contributed by atoms with Crippen LogP contribution in [0.3, 0.4) is 0 Å². The number of hydrogen-bond donors (Lipinski definition) is 2. The molecule has 1 amide bonds. The molecule has 2 N–H and O–H groups in total. The summed E-state index contributed by atoms with van der Waals surface area (Å²) in [6.45, 7) is 1.73. The second-order valence-electron chi connectivity index (χ2n) is 4.67. The molecule has 3 aromatic rings. The zero-order valence-electron chi connectivity index (χ0n) is 12.2. The minimum absolute atomic E-state index is 0.0156. The number of fused-ring (bicyclic) bond motifs is 1. The topological polar surface area (TPSA) is 99.8 Å². The molecule has 0 fully saturated rings. The van der Waals surface area contributed by atoms with Gasteiger partial charge in [0.05, 0.1) is 16.8 Å². The highest BCUT2D eigenvalue weighted by molar-refractivity contribution is 7.11. The van der Waals surface area contributed by atoms with E-state index in [2.05, 4.69) is 24.9 Å². The first-order chi connectivity index (χ1) is 11.2. The summed E-state index contributed by atoms with van der Waals surface area (Å²) in [7, 11) is 0. The monoisotopic (exact) mass is 327 g/mol. The first-order valence-corrected chi connectivity index (χ1v) is 7.69. The van der Waals surface area contributed by atoms with Crippen LogP contribution in [-0.2, 0) is 4.79 Å². The fourth-order valence-corrected chi connectivity index (χ4v) is 2.53. The van der Waals surface area contributed by atoms with Crippen molar-refractivity contribution in [3.8, 4) is 5.75 Å². The maximum Gasteiger partial charge on any atom is 0.224 e. The van der Waals surface area contributed by atoms with Crippen LogP contribution in [-0.4, -0.2) is 20.4 Å². The lowest BCUT2D eigenvalue weighted by atomic mass is 10.2. The third-order valence-electron chi connectivity index (χ3n) is 3.07. The molecule has 2 aromatic heterocycles. The van der Waals surface area contributed by atoms with Crippen LogP contribution in [0.15, 0.2) is 46.8 Å². The zero-order chi connectivity index (χ0) is 16.2. The lowest BCUT2D eigenvalue weighted by Gasteiger charge is -2.06. The lowest BCUT2D eigenvalue weighted by molar-refractivity contribution is -0.115. The molecule has 0 atom stereocenters. The quantitative estimate of drug-likeness (QED) is 0.555. The normalized spacial score (nSPS) is 11.2. The molecule has 0 aliphatic carbocycles. The number of azo groups is 1. The van der Waals surface area contributed by atoms with Crippen molar-refractivity contribution < 1.29 is 9.90 Å². The van der Waals surface area contributed by atoms with Crippen LogP contribution in [0.4, 0.5) is 16.4 Å². The number of aromatic nitrogens is 2. The Bertz CT molecular complexity index is 890. The smallest absolute Gasteiger partial charge is 0.224 e. The molecular formula is C15H13N5O2S. The number of benzene rings is 1. The summed E-state index contributed by atoms with van der Waals surface area (Å²) in [6, 6.07) is 8.33. The number of amides is 1. The molecule has 8 heteroatoms. The zero-order valence-corrected chi connectivity index (χ0v) is 13.0. The van der Waals surface area contributed by atoms with E-state index in [4.69, 9.17) is 0 Å². The second kappa shape index (κ2) is 6.49. The standard InChI is InChI=1S/C15H13N5O2S/c1-2-13(22)17-11-8-9(5-6-12(11)21)18-19-15-10-4-3-7-16-14(10)20-23-15/h3-8,21H,2H2,1H3,(H,17,22)/b19-18+. The molecule has 0 aliphatic heterocycles. The van der Waals surface area contributed by atoms with Gasteiger partial charge in [0.25, 0.3) is 0 Å². The predicted molar refractivity (Wildman–Crippen MR) is 88.6 cm³/mol. The highest BCUT2D eigenvalue weighted by Crippen LogP contribution is 2.32. The van der Waals surface area contributed by atoms with E-state index in [0.717, 1.165) is 5.39 Å². The number of pyridine rings is 1. The van der Waals surface area contributed by atoms with Crippen molar-refractivity contribution in [3.63, 3.8) is 0 Å². The largest absolute Gasteiger partial charge is 0.506 e. The summed E-state index contributed by atoms with van der Waals surface area (Å²) >= 11 is 1.21. The van der Waals surface area contributed by atoms with Crippen LogP contribution in [0.5, 0.6) is 5.75 Å². The van der Waals surface area contributed by atoms with Gasteiger partial charge in [-0.05, 0) is 41.9 Å². The Kier molecular flexibility index (Phi) is 4.24. The Morgan fingerprint density at radius 1 is 1.35 bits per heavy atom. The van der Waals surface area contributed by atoms with Crippen molar-refractivity contribution in [2.75, 3.05) is 5.32 Å². The summed E-state index contributed by atoms with van der Waals surface area (Å²) < 4.78 is 4.19. The van der Waals surface area contributed by atoms with Crippen molar-refractivity contribution in [1.82, 2.24) is 9.36 Å². The molecule has 0 unspecified atom stereocenters. The van der Waals surface area contributed by atoms with E-state index in [1.165, 1.54) is 17.6 Å². The minimum Gasteiger partial charge on any atom is -0.506 e. The average Bonchev–Trinajstić information content (AvgIpc) is 2.98. The first kappa shape index (κ1) is 15.0. The van der Waals surface area contributed by atoms with Gasteiger partial charge >= 0.3 is 0 Å². The van der Waals surface area contributed by atoms with Crippen LogP contribution in [0.25, 0.3) is 11.0 Å². The van der Waals surface area contributed by atoms with Crippen molar-refractivity contribution in [2.45, 2.75) is 13.3 Å². The van der Waals surface area contributed by atoms with E-state index in [1.807, 2.05) is 12.1 Å². The van der Waals surface area contributed by atoms with Crippen LogP contribution in [0, 0.1) is 0 Å². The molecule has 0 saturated carbocycles. The third-order valence-corrected chi connectivity index (χ3v) is 3.81. The molecule has 0 bridgehead atoms. The van der Waals surface area contributed by atoms with Crippen LogP contribution in [0.2, 0.25) is 0 Å². The van der Waals surface area contributed by atoms with Crippen molar-refractivity contribution in [3.05, 3.63) is 36.5 Å². The van der Waals surface area contributed by atoms with Crippen LogP contribution < -0.4 is 5.32 Å². The van der Waals surface area contributed by atoms with Crippen LogP contribution in [0.1, 0.15) is 13.3 Å². The molecule has 0 aliphatic rings. The first-order valence-electron chi connectivity index (χ1n) is 6.92. The van der Waals surface area contributed by atoms with E-state index < -0.39 is 0 Å². The van der Waals surface area contributed by atoms with Gasteiger partial charge in [-0.3, -0.25) is 4.79 Å². The molecule has 0 spiro atoms. The fourth-order valence-electron chi connectivity index (χ4n) is 1.87.